The molecule has 0 atom stereocenters. The predicted octanol–water partition coefficient (Wildman–Crippen LogP) is 0.175. The van der Waals surface area contributed by atoms with Crippen LogP contribution in [0.4, 0.5) is 0 Å². The smallest absolute Gasteiger partial charge is 0.312 e. The SMILES string of the molecule is CN(C)C.[Ir+3]. The Balaban J connectivity index is 0. The number of hydrogen-bond donors (Lipinski definition) is 0. The third-order valence-electron chi connectivity index (χ3n) is 0. The minimum atomic E-state index is 0. The van der Waals surface area contributed by atoms with Gasteiger partial charge in [-0.1, -0.05) is 0 Å². The third kappa shape index (κ3) is 84.5. The van der Waals surface area contributed by atoms with Crippen molar-refractivity contribution < 1.29 is 20.1 Å². The fourth-order valence-electron chi connectivity index (χ4n) is 0. The second kappa shape index (κ2) is 4.61. The largest absolute Gasteiger partial charge is 3.00 e. The quantitative estimate of drug-likeness (QED) is 0.593. The van der Waals surface area contributed by atoms with Crippen LogP contribution in [-0.2, 0) is 20.1 Å². The molecule has 0 spiro atoms. The Morgan fingerprint density at radius 1 is 1.00 bits per heavy atom. The van der Waals surface area contributed by atoms with E-state index in [4.69, 9.17) is 0 Å². The minimum absolute atomic E-state index is 0. The maximum absolute atomic E-state index is 2.00. The summed E-state index contributed by atoms with van der Waals surface area (Å²) in [5.74, 6) is 0. The summed E-state index contributed by atoms with van der Waals surface area (Å²) in [7, 11) is 6.00. The van der Waals surface area contributed by atoms with Crippen LogP contribution in [-0.4, -0.2) is 26.0 Å². The zero-order valence-corrected chi connectivity index (χ0v) is 6.18. The normalized spacial score (nSPS) is 7.20. The molecule has 0 radical (unpaired) electrons. The van der Waals surface area contributed by atoms with Crippen molar-refractivity contribution in [3.8, 4) is 0 Å². The Kier molecular flexibility index (Phi) is 8.43. The van der Waals surface area contributed by atoms with Gasteiger partial charge in [0.15, 0.2) is 0 Å². The molecule has 0 fully saturated rings. The molecule has 1 nitrogen and oxygen atoms in total. The average molecular weight is 251 g/mol. The fourth-order valence-corrected chi connectivity index (χ4v) is 0. The molecular formula is C3H9IrN+3. The maximum atomic E-state index is 2.00. The van der Waals surface area contributed by atoms with Gasteiger partial charge in [-0.15, -0.1) is 0 Å². The van der Waals surface area contributed by atoms with E-state index in [1.165, 1.54) is 0 Å². The molecule has 0 saturated heterocycles. The van der Waals surface area contributed by atoms with Gasteiger partial charge in [-0.2, -0.15) is 0 Å². The second-order valence-electron chi connectivity index (χ2n) is 1.34. The van der Waals surface area contributed by atoms with Crippen molar-refractivity contribution >= 4 is 0 Å². The summed E-state index contributed by atoms with van der Waals surface area (Å²) in [6, 6.07) is 0. The van der Waals surface area contributed by atoms with Crippen LogP contribution in [0.3, 0.4) is 0 Å². The summed E-state index contributed by atoms with van der Waals surface area (Å²) in [4.78, 5) is 2.00. The van der Waals surface area contributed by atoms with Crippen molar-refractivity contribution in [2.24, 2.45) is 0 Å². The molecule has 32 valence electrons. The summed E-state index contributed by atoms with van der Waals surface area (Å²) in [5.41, 5.74) is 0. The van der Waals surface area contributed by atoms with Gasteiger partial charge in [-0.25, -0.2) is 0 Å². The van der Waals surface area contributed by atoms with Gasteiger partial charge < -0.3 is 4.90 Å². The van der Waals surface area contributed by atoms with Crippen molar-refractivity contribution in [2.75, 3.05) is 21.1 Å². The average Bonchev–Trinajstić information content (AvgIpc) is 0.811. The molecule has 0 N–H and O–H groups in total. The van der Waals surface area contributed by atoms with Crippen molar-refractivity contribution in [2.45, 2.75) is 0 Å². The topological polar surface area (TPSA) is 3.24 Å². The van der Waals surface area contributed by atoms with Gasteiger partial charge >= 0.3 is 20.1 Å². The van der Waals surface area contributed by atoms with Crippen LogP contribution in [0.5, 0.6) is 0 Å². The molecule has 0 saturated carbocycles. The summed E-state index contributed by atoms with van der Waals surface area (Å²) in [5, 5.41) is 0. The van der Waals surface area contributed by atoms with Crippen molar-refractivity contribution in [1.82, 2.24) is 4.90 Å². The van der Waals surface area contributed by atoms with Crippen molar-refractivity contribution in [1.29, 1.82) is 0 Å². The summed E-state index contributed by atoms with van der Waals surface area (Å²) < 4.78 is 0. The molecule has 0 aliphatic rings. The molecule has 0 aliphatic carbocycles. The monoisotopic (exact) mass is 252 g/mol. The first-order chi connectivity index (χ1) is 1.73. The Labute approximate surface area is 46.7 Å². The second-order valence-corrected chi connectivity index (χ2v) is 1.34. The first kappa shape index (κ1) is 9.15. The number of nitrogens with zero attached hydrogens (tertiary/aromatic N) is 1. The molecule has 0 aromatic rings. The van der Waals surface area contributed by atoms with Crippen LogP contribution < -0.4 is 0 Å². The Morgan fingerprint density at radius 2 is 1.00 bits per heavy atom. The molecule has 0 amide bonds. The predicted molar refractivity (Wildman–Crippen MR) is 19.6 cm³/mol. The van der Waals surface area contributed by atoms with Gasteiger partial charge in [0.1, 0.15) is 0 Å². The van der Waals surface area contributed by atoms with Gasteiger partial charge in [0, 0.05) is 0 Å². The summed E-state index contributed by atoms with van der Waals surface area (Å²) in [6.07, 6.45) is 0. The van der Waals surface area contributed by atoms with E-state index in [2.05, 4.69) is 0 Å². The van der Waals surface area contributed by atoms with Crippen molar-refractivity contribution in [3.05, 3.63) is 0 Å². The first-order valence-corrected chi connectivity index (χ1v) is 1.34. The first-order valence-electron chi connectivity index (χ1n) is 1.34. The van der Waals surface area contributed by atoms with Gasteiger partial charge in [0.2, 0.25) is 0 Å². The van der Waals surface area contributed by atoms with Crippen LogP contribution in [0.2, 0.25) is 0 Å². The van der Waals surface area contributed by atoms with Crippen LogP contribution >= 0.6 is 0 Å². The standard InChI is InChI=1S/C3H9N.Ir/c1-4(2)3;/h1-3H3;/q;+3. The third-order valence-corrected chi connectivity index (χ3v) is 0. The maximum Gasteiger partial charge on any atom is 3.00 e. The van der Waals surface area contributed by atoms with E-state index in [-0.39, 0.29) is 20.1 Å². The van der Waals surface area contributed by atoms with E-state index in [1.807, 2.05) is 26.0 Å². The van der Waals surface area contributed by atoms with E-state index >= 15 is 0 Å². The molecule has 2 heteroatoms. The molecule has 0 heterocycles. The molecule has 0 aromatic carbocycles. The Morgan fingerprint density at radius 3 is 1.00 bits per heavy atom. The van der Waals surface area contributed by atoms with Crippen LogP contribution in [0.1, 0.15) is 0 Å². The zero-order valence-electron chi connectivity index (χ0n) is 3.78. The van der Waals surface area contributed by atoms with Crippen LogP contribution in [0.15, 0.2) is 0 Å². The fraction of sp³-hybridized carbons (Fsp3) is 1.00. The minimum Gasteiger partial charge on any atom is -0.312 e. The van der Waals surface area contributed by atoms with Crippen LogP contribution in [0, 0.1) is 0 Å². The number of hydrogen-bond acceptors (Lipinski definition) is 1. The molecular weight excluding hydrogens is 242 g/mol. The Hall–Kier alpha value is 0.609. The molecule has 5 heavy (non-hydrogen) atoms. The molecule has 0 unspecified atom stereocenters. The van der Waals surface area contributed by atoms with Crippen molar-refractivity contribution in [3.63, 3.8) is 0 Å². The molecule has 0 rings (SSSR count). The zero-order chi connectivity index (χ0) is 3.58. The molecule has 0 bridgehead atoms. The van der Waals surface area contributed by atoms with E-state index in [9.17, 15) is 0 Å². The van der Waals surface area contributed by atoms with E-state index in [1.54, 1.807) is 0 Å². The van der Waals surface area contributed by atoms with E-state index in [0.717, 1.165) is 0 Å². The van der Waals surface area contributed by atoms with Gasteiger partial charge in [0.25, 0.3) is 0 Å². The summed E-state index contributed by atoms with van der Waals surface area (Å²) in [6.45, 7) is 0. The Bertz CT molecular complexity index is 11.6. The molecule has 0 aliphatic heterocycles. The van der Waals surface area contributed by atoms with Gasteiger partial charge in [0.05, 0.1) is 0 Å². The van der Waals surface area contributed by atoms with Crippen LogP contribution in [0.25, 0.3) is 0 Å². The van der Waals surface area contributed by atoms with E-state index < -0.39 is 0 Å². The van der Waals surface area contributed by atoms with E-state index in [0.29, 0.717) is 0 Å². The van der Waals surface area contributed by atoms with Gasteiger partial charge in [-0.05, 0) is 21.1 Å². The molecule has 0 aromatic heterocycles. The van der Waals surface area contributed by atoms with Gasteiger partial charge in [-0.3, -0.25) is 0 Å². The number of rotatable bonds is 0. The summed E-state index contributed by atoms with van der Waals surface area (Å²) >= 11 is 0.